The smallest absolute Gasteiger partial charge is 0.305 e. The fraction of sp³-hybridized carbons (Fsp3) is 0.812. The van der Waals surface area contributed by atoms with Crippen LogP contribution in [0, 0.1) is 0 Å². The second kappa shape index (κ2) is 9.28. The van der Waals surface area contributed by atoms with Crippen molar-refractivity contribution in [2.45, 2.75) is 58.0 Å². The predicted molar refractivity (Wildman–Crippen MR) is 91.6 cm³/mol. The summed E-state index contributed by atoms with van der Waals surface area (Å²) in [6.07, 6.45) is 4.14. The molecule has 8 nitrogen and oxygen atoms in total. The Morgan fingerprint density at radius 3 is 2.84 bits per heavy atom. The number of ether oxygens (including phenoxy) is 1. The molecule has 0 unspecified atom stereocenters. The minimum atomic E-state index is -2.93. The SMILES string of the molecule is CCCCN(Cc1noc(CCCC(=O)OC)n1)[C@H]1CCS(=O)(=O)C1. The van der Waals surface area contributed by atoms with Crippen LogP contribution in [0.25, 0.3) is 0 Å². The lowest BCUT2D eigenvalue weighted by Crippen LogP contribution is -2.36. The largest absolute Gasteiger partial charge is 0.469 e. The first kappa shape index (κ1) is 19.8. The van der Waals surface area contributed by atoms with Gasteiger partial charge in [-0.1, -0.05) is 18.5 Å². The van der Waals surface area contributed by atoms with Gasteiger partial charge in [-0.3, -0.25) is 9.69 Å². The van der Waals surface area contributed by atoms with Crippen LogP contribution in [-0.2, 0) is 32.3 Å². The molecule has 0 spiro atoms. The number of hydrogen-bond acceptors (Lipinski definition) is 8. The van der Waals surface area contributed by atoms with Crippen molar-refractivity contribution in [2.75, 3.05) is 25.2 Å². The Balaban J connectivity index is 1.91. The molecule has 0 saturated carbocycles. The van der Waals surface area contributed by atoms with E-state index in [0.717, 1.165) is 19.4 Å². The van der Waals surface area contributed by atoms with Crippen LogP contribution in [0.2, 0.25) is 0 Å². The van der Waals surface area contributed by atoms with Crippen LogP contribution in [0.15, 0.2) is 4.52 Å². The van der Waals surface area contributed by atoms with Crippen LogP contribution in [0.5, 0.6) is 0 Å². The van der Waals surface area contributed by atoms with Crippen LogP contribution in [0.4, 0.5) is 0 Å². The maximum absolute atomic E-state index is 11.8. The van der Waals surface area contributed by atoms with E-state index in [4.69, 9.17) is 4.52 Å². The Labute approximate surface area is 148 Å². The molecule has 0 N–H and O–H groups in total. The van der Waals surface area contributed by atoms with Gasteiger partial charge in [-0.05, 0) is 25.8 Å². The molecule has 0 aliphatic carbocycles. The second-order valence-corrected chi connectivity index (χ2v) is 8.64. The molecule has 1 atom stereocenters. The molecule has 1 aromatic heterocycles. The molecule has 1 aliphatic heterocycles. The number of rotatable bonds is 10. The standard InChI is InChI=1S/C16H27N3O5S/c1-3-4-9-19(13-8-10-25(21,22)12-13)11-14-17-15(24-18-14)6-5-7-16(20)23-2/h13H,3-12H2,1-2H3/t13-/m0/s1. The van der Waals surface area contributed by atoms with Gasteiger partial charge in [0.25, 0.3) is 0 Å². The molecule has 0 amide bonds. The lowest BCUT2D eigenvalue weighted by atomic mass is 10.2. The maximum atomic E-state index is 11.8. The topological polar surface area (TPSA) is 103 Å². The first-order valence-corrected chi connectivity index (χ1v) is 10.6. The lowest BCUT2D eigenvalue weighted by molar-refractivity contribution is -0.140. The summed E-state index contributed by atoms with van der Waals surface area (Å²) in [7, 11) is -1.56. The molecule has 1 fully saturated rings. The number of aromatic nitrogens is 2. The van der Waals surface area contributed by atoms with Crippen LogP contribution in [0.3, 0.4) is 0 Å². The Morgan fingerprint density at radius 1 is 1.40 bits per heavy atom. The number of carbonyl (C=O) groups is 1. The lowest BCUT2D eigenvalue weighted by Gasteiger charge is -2.26. The summed E-state index contributed by atoms with van der Waals surface area (Å²) in [4.78, 5) is 17.6. The van der Waals surface area contributed by atoms with Crippen molar-refractivity contribution in [3.8, 4) is 0 Å². The summed E-state index contributed by atoms with van der Waals surface area (Å²) in [5, 5.41) is 4.00. The molecule has 1 aromatic rings. The van der Waals surface area contributed by atoms with Gasteiger partial charge in [0.15, 0.2) is 15.7 Å². The molecular weight excluding hydrogens is 346 g/mol. The molecule has 9 heteroatoms. The van der Waals surface area contributed by atoms with Gasteiger partial charge in [-0.2, -0.15) is 4.98 Å². The van der Waals surface area contributed by atoms with E-state index in [-0.39, 0.29) is 23.5 Å². The highest BCUT2D eigenvalue weighted by Gasteiger charge is 2.32. The first-order valence-electron chi connectivity index (χ1n) is 8.76. The number of methoxy groups -OCH3 is 1. The van der Waals surface area contributed by atoms with Gasteiger partial charge in [0.2, 0.25) is 5.89 Å². The van der Waals surface area contributed by atoms with Gasteiger partial charge >= 0.3 is 5.97 Å². The molecule has 2 rings (SSSR count). The van der Waals surface area contributed by atoms with Crippen molar-refractivity contribution in [3.05, 3.63) is 11.7 Å². The number of esters is 1. The van der Waals surface area contributed by atoms with Crippen LogP contribution in [0.1, 0.15) is 50.7 Å². The zero-order chi connectivity index (χ0) is 18.3. The molecule has 1 saturated heterocycles. The van der Waals surface area contributed by atoms with Crippen molar-refractivity contribution in [1.82, 2.24) is 15.0 Å². The number of unbranched alkanes of at least 4 members (excludes halogenated alkanes) is 1. The van der Waals surface area contributed by atoms with E-state index in [1.165, 1.54) is 7.11 Å². The zero-order valence-electron chi connectivity index (χ0n) is 14.9. The van der Waals surface area contributed by atoms with E-state index in [0.29, 0.717) is 43.9 Å². The van der Waals surface area contributed by atoms with Crippen LogP contribution in [-0.4, -0.2) is 60.6 Å². The van der Waals surface area contributed by atoms with Gasteiger partial charge in [-0.15, -0.1) is 0 Å². The van der Waals surface area contributed by atoms with Gasteiger partial charge in [-0.25, -0.2) is 8.42 Å². The number of sulfone groups is 1. The van der Waals surface area contributed by atoms with Crippen molar-refractivity contribution in [1.29, 1.82) is 0 Å². The second-order valence-electron chi connectivity index (χ2n) is 6.41. The third-order valence-corrected chi connectivity index (χ3v) is 6.13. The minimum Gasteiger partial charge on any atom is -0.469 e. The molecule has 142 valence electrons. The van der Waals surface area contributed by atoms with E-state index in [1.54, 1.807) is 0 Å². The summed E-state index contributed by atoms with van der Waals surface area (Å²) in [5.74, 6) is 1.26. The summed E-state index contributed by atoms with van der Waals surface area (Å²) in [6.45, 7) is 3.42. The molecular formula is C16H27N3O5S. The first-order chi connectivity index (χ1) is 11.9. The monoisotopic (exact) mass is 373 g/mol. The molecule has 2 heterocycles. The minimum absolute atomic E-state index is 0.0258. The molecule has 25 heavy (non-hydrogen) atoms. The number of aryl methyl sites for hydroxylation is 1. The van der Waals surface area contributed by atoms with E-state index in [9.17, 15) is 13.2 Å². The summed E-state index contributed by atoms with van der Waals surface area (Å²) in [6, 6.07) is 0.0258. The number of carbonyl (C=O) groups excluding carboxylic acids is 1. The Morgan fingerprint density at radius 2 is 2.20 bits per heavy atom. The van der Waals surface area contributed by atoms with Crippen molar-refractivity contribution in [2.24, 2.45) is 0 Å². The van der Waals surface area contributed by atoms with E-state index >= 15 is 0 Å². The highest BCUT2D eigenvalue weighted by molar-refractivity contribution is 7.91. The van der Waals surface area contributed by atoms with E-state index in [2.05, 4.69) is 26.7 Å². The average Bonchev–Trinajstić information content (AvgIpc) is 3.17. The van der Waals surface area contributed by atoms with E-state index < -0.39 is 9.84 Å². The Bertz CT molecular complexity index is 658. The highest BCUT2D eigenvalue weighted by atomic mass is 32.2. The Hall–Kier alpha value is -1.48. The third kappa shape index (κ3) is 6.39. The molecule has 0 bridgehead atoms. The number of hydrogen-bond donors (Lipinski definition) is 0. The normalized spacial score (nSPS) is 19.4. The van der Waals surface area contributed by atoms with Gasteiger partial charge < -0.3 is 9.26 Å². The van der Waals surface area contributed by atoms with Crippen LogP contribution < -0.4 is 0 Å². The summed E-state index contributed by atoms with van der Waals surface area (Å²) < 4.78 is 33.3. The summed E-state index contributed by atoms with van der Waals surface area (Å²) >= 11 is 0. The third-order valence-electron chi connectivity index (χ3n) is 4.38. The van der Waals surface area contributed by atoms with Gasteiger partial charge in [0, 0.05) is 18.9 Å². The van der Waals surface area contributed by atoms with Crippen LogP contribution >= 0.6 is 0 Å². The van der Waals surface area contributed by atoms with Crippen molar-refractivity contribution >= 4 is 15.8 Å². The average molecular weight is 373 g/mol. The maximum Gasteiger partial charge on any atom is 0.305 e. The number of nitrogens with zero attached hydrogens (tertiary/aromatic N) is 3. The fourth-order valence-electron chi connectivity index (χ4n) is 2.94. The van der Waals surface area contributed by atoms with Crippen molar-refractivity contribution < 1.29 is 22.5 Å². The molecule has 1 aliphatic rings. The van der Waals surface area contributed by atoms with Gasteiger partial charge in [0.05, 0.1) is 25.2 Å². The zero-order valence-corrected chi connectivity index (χ0v) is 15.8. The fourth-order valence-corrected chi connectivity index (χ4v) is 4.70. The summed E-state index contributed by atoms with van der Waals surface area (Å²) in [5.41, 5.74) is 0. The van der Waals surface area contributed by atoms with E-state index in [1.807, 2.05) is 0 Å². The predicted octanol–water partition coefficient (Wildman–Crippen LogP) is 1.35. The molecule has 0 radical (unpaired) electrons. The highest BCUT2D eigenvalue weighted by Crippen LogP contribution is 2.20. The van der Waals surface area contributed by atoms with Gasteiger partial charge in [0.1, 0.15) is 0 Å². The molecule has 0 aromatic carbocycles. The quantitative estimate of drug-likeness (QED) is 0.566. The van der Waals surface area contributed by atoms with Crippen molar-refractivity contribution in [3.63, 3.8) is 0 Å². The Kier molecular flexibility index (Phi) is 7.37.